The van der Waals surface area contributed by atoms with Gasteiger partial charge in [0.25, 0.3) is 0 Å². The number of hydrogen-bond donors (Lipinski definition) is 1. The van der Waals surface area contributed by atoms with Crippen molar-refractivity contribution in [2.24, 2.45) is 5.92 Å². The van der Waals surface area contributed by atoms with Gasteiger partial charge in [0, 0.05) is 6.61 Å². The van der Waals surface area contributed by atoms with Crippen LogP contribution in [0.1, 0.15) is 17.9 Å². The van der Waals surface area contributed by atoms with Crippen LogP contribution in [0.3, 0.4) is 0 Å². The lowest BCUT2D eigenvalue weighted by Gasteiger charge is -1.97. The van der Waals surface area contributed by atoms with Crippen molar-refractivity contribution in [2.75, 3.05) is 6.61 Å². The molecule has 1 aromatic rings. The summed E-state index contributed by atoms with van der Waals surface area (Å²) in [6.07, 6.45) is 1.000. The number of aliphatic hydroxyl groups excluding tert-OH is 1. The summed E-state index contributed by atoms with van der Waals surface area (Å²) in [6, 6.07) is 6.64. The molecule has 12 heavy (non-hydrogen) atoms. The molecule has 64 valence electrons. The molecule has 1 saturated carbocycles. The minimum absolute atomic E-state index is 0.184. The van der Waals surface area contributed by atoms with Crippen LogP contribution in [0.25, 0.3) is 0 Å². The second kappa shape index (κ2) is 2.87. The van der Waals surface area contributed by atoms with Crippen LogP contribution in [0, 0.1) is 11.7 Å². The molecule has 1 fully saturated rings. The molecular weight excluding hydrogens is 155 g/mol. The topological polar surface area (TPSA) is 20.2 Å². The van der Waals surface area contributed by atoms with Gasteiger partial charge in [-0.15, -0.1) is 0 Å². The summed E-state index contributed by atoms with van der Waals surface area (Å²) in [4.78, 5) is 0. The Labute approximate surface area is 70.8 Å². The summed E-state index contributed by atoms with van der Waals surface area (Å²) in [5.74, 6) is 0.577. The van der Waals surface area contributed by atoms with Crippen LogP contribution in [0.2, 0.25) is 0 Å². The first-order valence-electron chi connectivity index (χ1n) is 4.17. The van der Waals surface area contributed by atoms with Crippen LogP contribution in [-0.4, -0.2) is 11.7 Å². The van der Waals surface area contributed by atoms with E-state index in [0.717, 1.165) is 12.0 Å². The molecule has 0 unspecified atom stereocenters. The lowest BCUT2D eigenvalue weighted by atomic mass is 10.1. The molecule has 1 nitrogen and oxygen atoms in total. The molecule has 0 heterocycles. The monoisotopic (exact) mass is 166 g/mol. The minimum Gasteiger partial charge on any atom is -0.396 e. The summed E-state index contributed by atoms with van der Waals surface area (Å²) >= 11 is 0. The van der Waals surface area contributed by atoms with Crippen molar-refractivity contribution in [3.8, 4) is 0 Å². The number of benzene rings is 1. The zero-order valence-corrected chi connectivity index (χ0v) is 6.70. The predicted molar refractivity (Wildman–Crippen MR) is 44.3 cm³/mol. The molecule has 1 aliphatic carbocycles. The lowest BCUT2D eigenvalue weighted by Crippen LogP contribution is -1.88. The summed E-state index contributed by atoms with van der Waals surface area (Å²) in [6.45, 7) is 0.223. The molecule has 2 heteroatoms. The van der Waals surface area contributed by atoms with E-state index in [0.29, 0.717) is 11.8 Å². The third kappa shape index (κ3) is 1.34. The van der Waals surface area contributed by atoms with Crippen molar-refractivity contribution in [2.45, 2.75) is 12.3 Å². The normalized spacial score (nSPS) is 27.2. The number of rotatable bonds is 2. The first kappa shape index (κ1) is 7.74. The molecular formula is C10H11FO. The molecule has 0 radical (unpaired) electrons. The predicted octanol–water partition coefficient (Wildman–Crippen LogP) is 1.92. The standard InChI is InChI=1S/C10H11FO/c11-9-3-1-2-7(4-9)10-5-8(10)6-12/h1-4,8,10,12H,5-6H2/t8-,10+/m0/s1. The van der Waals surface area contributed by atoms with Crippen molar-refractivity contribution in [1.82, 2.24) is 0 Å². The number of halogens is 1. The van der Waals surface area contributed by atoms with E-state index in [1.54, 1.807) is 12.1 Å². The zero-order valence-electron chi connectivity index (χ0n) is 6.70. The van der Waals surface area contributed by atoms with E-state index in [1.807, 2.05) is 6.07 Å². The van der Waals surface area contributed by atoms with Gasteiger partial charge in [-0.2, -0.15) is 0 Å². The SMILES string of the molecule is OC[C@@H]1C[C@@H]1c1cccc(F)c1. The smallest absolute Gasteiger partial charge is 0.123 e. The lowest BCUT2D eigenvalue weighted by molar-refractivity contribution is 0.274. The fourth-order valence-electron chi connectivity index (χ4n) is 1.59. The second-order valence-corrected chi connectivity index (χ2v) is 3.34. The van der Waals surface area contributed by atoms with Crippen molar-refractivity contribution < 1.29 is 9.50 Å². The van der Waals surface area contributed by atoms with Crippen LogP contribution in [0.5, 0.6) is 0 Å². The van der Waals surface area contributed by atoms with Gasteiger partial charge >= 0.3 is 0 Å². The van der Waals surface area contributed by atoms with E-state index in [2.05, 4.69) is 0 Å². The van der Waals surface area contributed by atoms with Gasteiger partial charge < -0.3 is 5.11 Å². The van der Waals surface area contributed by atoms with Crippen molar-refractivity contribution in [1.29, 1.82) is 0 Å². The highest BCUT2D eigenvalue weighted by atomic mass is 19.1. The highest BCUT2D eigenvalue weighted by molar-refractivity contribution is 5.26. The van der Waals surface area contributed by atoms with Gasteiger partial charge in [0.15, 0.2) is 0 Å². The first-order chi connectivity index (χ1) is 5.81. The Morgan fingerprint density at radius 1 is 1.50 bits per heavy atom. The van der Waals surface area contributed by atoms with Crippen molar-refractivity contribution in [3.05, 3.63) is 35.6 Å². The summed E-state index contributed by atoms with van der Waals surface area (Å²) in [5.41, 5.74) is 1.02. The third-order valence-corrected chi connectivity index (χ3v) is 2.43. The van der Waals surface area contributed by atoms with Crippen LogP contribution >= 0.6 is 0 Å². The maximum Gasteiger partial charge on any atom is 0.123 e. The quantitative estimate of drug-likeness (QED) is 0.711. The molecule has 1 aliphatic rings. The van der Waals surface area contributed by atoms with Crippen LogP contribution in [0.15, 0.2) is 24.3 Å². The summed E-state index contributed by atoms with van der Waals surface area (Å²) in [5, 5.41) is 8.81. The highest BCUT2D eigenvalue weighted by Gasteiger charge is 2.37. The van der Waals surface area contributed by atoms with E-state index in [4.69, 9.17) is 5.11 Å². The van der Waals surface area contributed by atoms with Gasteiger partial charge in [0.05, 0.1) is 0 Å². The molecule has 0 amide bonds. The largest absolute Gasteiger partial charge is 0.396 e. The molecule has 0 bridgehead atoms. The van der Waals surface area contributed by atoms with Crippen molar-refractivity contribution in [3.63, 3.8) is 0 Å². The van der Waals surface area contributed by atoms with E-state index >= 15 is 0 Å². The van der Waals surface area contributed by atoms with Crippen LogP contribution in [0.4, 0.5) is 4.39 Å². The van der Waals surface area contributed by atoms with Crippen LogP contribution in [-0.2, 0) is 0 Å². The van der Waals surface area contributed by atoms with Crippen molar-refractivity contribution >= 4 is 0 Å². The van der Waals surface area contributed by atoms with Gasteiger partial charge in [0.2, 0.25) is 0 Å². The Morgan fingerprint density at radius 2 is 2.33 bits per heavy atom. The Hall–Kier alpha value is -0.890. The Morgan fingerprint density at radius 3 is 2.92 bits per heavy atom. The second-order valence-electron chi connectivity index (χ2n) is 3.34. The molecule has 1 aromatic carbocycles. The Kier molecular flexibility index (Phi) is 1.85. The molecule has 0 aromatic heterocycles. The summed E-state index contributed by atoms with van der Waals surface area (Å²) < 4.78 is 12.7. The van der Waals surface area contributed by atoms with E-state index < -0.39 is 0 Å². The van der Waals surface area contributed by atoms with Gasteiger partial charge in [-0.1, -0.05) is 12.1 Å². The molecule has 2 rings (SSSR count). The molecule has 1 N–H and O–H groups in total. The Balaban J connectivity index is 2.14. The summed E-state index contributed by atoms with van der Waals surface area (Å²) in [7, 11) is 0. The first-order valence-corrected chi connectivity index (χ1v) is 4.17. The van der Waals surface area contributed by atoms with Gasteiger partial charge in [-0.3, -0.25) is 0 Å². The van der Waals surface area contributed by atoms with E-state index in [1.165, 1.54) is 6.07 Å². The fourth-order valence-corrected chi connectivity index (χ4v) is 1.59. The molecule has 0 aliphatic heterocycles. The molecule has 0 spiro atoms. The van der Waals surface area contributed by atoms with Gasteiger partial charge in [-0.05, 0) is 36.0 Å². The van der Waals surface area contributed by atoms with Gasteiger partial charge in [-0.25, -0.2) is 4.39 Å². The fraction of sp³-hybridized carbons (Fsp3) is 0.400. The average Bonchev–Trinajstić information content (AvgIpc) is 2.83. The van der Waals surface area contributed by atoms with E-state index in [9.17, 15) is 4.39 Å². The molecule has 2 atom stereocenters. The maximum absolute atomic E-state index is 12.7. The average molecular weight is 166 g/mol. The zero-order chi connectivity index (χ0) is 8.55. The number of hydrogen-bond acceptors (Lipinski definition) is 1. The van der Waals surface area contributed by atoms with E-state index in [-0.39, 0.29) is 12.4 Å². The highest BCUT2D eigenvalue weighted by Crippen LogP contribution is 2.46. The Bertz CT molecular complexity index is 285. The maximum atomic E-state index is 12.7. The van der Waals surface area contributed by atoms with Crippen LogP contribution < -0.4 is 0 Å². The minimum atomic E-state index is -0.184. The third-order valence-electron chi connectivity index (χ3n) is 2.43. The number of aliphatic hydroxyl groups is 1. The molecule has 0 saturated heterocycles. The van der Waals surface area contributed by atoms with Gasteiger partial charge in [0.1, 0.15) is 5.82 Å².